The summed E-state index contributed by atoms with van der Waals surface area (Å²) in [6.45, 7) is 3.22. The Hall–Kier alpha value is -2.48. The zero-order valence-electron chi connectivity index (χ0n) is 18.6. The number of hydrogen-bond donors (Lipinski definition) is 2. The molecule has 1 saturated heterocycles. The molecule has 0 atom stereocenters. The Labute approximate surface area is 190 Å². The van der Waals surface area contributed by atoms with E-state index in [2.05, 4.69) is 39.8 Å². The first-order valence-corrected chi connectivity index (χ1v) is 13.6. The lowest BCUT2D eigenvalue weighted by Gasteiger charge is -2.41. The number of carbonyl (C=O) groups excluding carboxylic acids is 1. The average molecular weight is 456 g/mol. The maximum atomic E-state index is 13.8. The molecule has 0 spiro atoms. The third kappa shape index (κ3) is 5.28. The van der Waals surface area contributed by atoms with Gasteiger partial charge in [-0.3, -0.25) is 9.69 Å². The topological polar surface area (TPSA) is 65.5 Å². The van der Waals surface area contributed by atoms with Crippen LogP contribution < -0.4 is 5.32 Å². The molecule has 4 rings (SSSR count). The van der Waals surface area contributed by atoms with Crippen LogP contribution >= 0.6 is 10.0 Å². The summed E-state index contributed by atoms with van der Waals surface area (Å²) in [7, 11) is -0.409. The molecule has 1 amide bonds. The van der Waals surface area contributed by atoms with Crippen LogP contribution in [0.2, 0.25) is 0 Å². The second-order valence-electron chi connectivity index (χ2n) is 8.84. The highest BCUT2D eigenvalue weighted by Gasteiger charge is 2.21. The molecule has 2 N–H and O–H groups in total. The van der Waals surface area contributed by atoms with E-state index >= 15 is 0 Å². The SMILES string of the molecule is CS1(C)CCN(Cc2ccc(-c3cc(C(=O)NCCO)c4cc(F)ccc4n3)cc2)CC1. The first-order chi connectivity index (χ1) is 15.3. The second kappa shape index (κ2) is 9.57. The summed E-state index contributed by atoms with van der Waals surface area (Å²) in [5.74, 6) is 1.82. The van der Waals surface area contributed by atoms with Gasteiger partial charge in [-0.15, -0.1) is 0 Å². The van der Waals surface area contributed by atoms with Crippen molar-refractivity contribution in [2.45, 2.75) is 6.54 Å². The minimum absolute atomic E-state index is 0.136. The summed E-state index contributed by atoms with van der Waals surface area (Å²) in [6, 6.07) is 14.2. The number of halogens is 1. The van der Waals surface area contributed by atoms with Crippen LogP contribution in [0.15, 0.2) is 48.5 Å². The van der Waals surface area contributed by atoms with E-state index in [9.17, 15) is 9.18 Å². The quantitative estimate of drug-likeness (QED) is 0.596. The Morgan fingerprint density at radius 1 is 1.12 bits per heavy atom. The van der Waals surface area contributed by atoms with Gasteiger partial charge >= 0.3 is 0 Å². The van der Waals surface area contributed by atoms with Crippen molar-refractivity contribution >= 4 is 26.8 Å². The van der Waals surface area contributed by atoms with E-state index in [-0.39, 0.29) is 19.1 Å². The first-order valence-electron chi connectivity index (χ1n) is 10.8. The summed E-state index contributed by atoms with van der Waals surface area (Å²) in [5.41, 5.74) is 3.72. The van der Waals surface area contributed by atoms with Crippen molar-refractivity contribution in [3.63, 3.8) is 0 Å². The van der Waals surface area contributed by atoms with E-state index in [1.54, 1.807) is 12.1 Å². The fourth-order valence-electron chi connectivity index (χ4n) is 3.96. The fourth-order valence-corrected chi connectivity index (χ4v) is 5.67. The number of carbonyl (C=O) groups is 1. The highest BCUT2D eigenvalue weighted by molar-refractivity contribution is 8.32. The minimum Gasteiger partial charge on any atom is -0.395 e. The maximum Gasteiger partial charge on any atom is 0.252 e. The maximum absolute atomic E-state index is 13.8. The molecule has 1 aliphatic rings. The van der Waals surface area contributed by atoms with Crippen LogP contribution in [0.5, 0.6) is 0 Å². The number of hydrogen-bond acceptors (Lipinski definition) is 4. The number of aliphatic hydroxyl groups excluding tert-OH is 1. The number of aliphatic hydroxyl groups is 1. The van der Waals surface area contributed by atoms with Gasteiger partial charge < -0.3 is 10.4 Å². The van der Waals surface area contributed by atoms with E-state index in [0.717, 1.165) is 25.2 Å². The molecule has 1 fully saturated rings. The molecule has 0 unspecified atom stereocenters. The highest BCUT2D eigenvalue weighted by atomic mass is 32.3. The Bertz CT molecular complexity index is 1110. The molecule has 0 saturated carbocycles. The monoisotopic (exact) mass is 455 g/mol. The van der Waals surface area contributed by atoms with Gasteiger partial charge in [-0.05, 0) is 53.8 Å². The normalized spacial score (nSPS) is 17.2. The number of benzene rings is 2. The molecule has 170 valence electrons. The van der Waals surface area contributed by atoms with Gasteiger partial charge in [0.2, 0.25) is 0 Å². The third-order valence-corrected chi connectivity index (χ3v) is 8.56. The summed E-state index contributed by atoms with van der Waals surface area (Å²) in [5, 5.41) is 12.1. The number of nitrogens with one attached hydrogen (secondary N) is 1. The Balaban J connectivity index is 1.59. The molecule has 0 radical (unpaired) electrons. The van der Waals surface area contributed by atoms with Crippen LogP contribution in [-0.4, -0.2) is 71.2 Å². The molecule has 1 aliphatic heterocycles. The van der Waals surface area contributed by atoms with Crippen LogP contribution in [-0.2, 0) is 6.54 Å². The molecule has 2 heterocycles. The highest BCUT2D eigenvalue weighted by Crippen LogP contribution is 2.41. The molecule has 5 nitrogen and oxygen atoms in total. The smallest absolute Gasteiger partial charge is 0.252 e. The summed E-state index contributed by atoms with van der Waals surface area (Å²) in [4.78, 5) is 19.8. The molecule has 3 aromatic rings. The van der Waals surface area contributed by atoms with Crippen molar-refractivity contribution in [3.8, 4) is 11.3 Å². The lowest BCUT2D eigenvalue weighted by molar-refractivity contribution is 0.0946. The number of aromatic nitrogens is 1. The van der Waals surface area contributed by atoms with Crippen molar-refractivity contribution in [1.82, 2.24) is 15.2 Å². The van der Waals surface area contributed by atoms with E-state index in [4.69, 9.17) is 5.11 Å². The lowest BCUT2D eigenvalue weighted by Crippen LogP contribution is -2.37. The summed E-state index contributed by atoms with van der Waals surface area (Å²) >= 11 is 0. The van der Waals surface area contributed by atoms with Crippen LogP contribution in [0.1, 0.15) is 15.9 Å². The average Bonchev–Trinajstić information content (AvgIpc) is 2.78. The molecule has 7 heteroatoms. The molecule has 1 aromatic heterocycles. The lowest BCUT2D eigenvalue weighted by atomic mass is 10.0. The van der Waals surface area contributed by atoms with Crippen molar-refractivity contribution in [2.24, 2.45) is 0 Å². The second-order valence-corrected chi connectivity index (χ2v) is 13.2. The summed E-state index contributed by atoms with van der Waals surface area (Å²) < 4.78 is 13.8. The Morgan fingerprint density at radius 3 is 2.53 bits per heavy atom. The third-order valence-electron chi connectivity index (χ3n) is 5.99. The van der Waals surface area contributed by atoms with Crippen molar-refractivity contribution < 1.29 is 14.3 Å². The first kappa shape index (κ1) is 22.7. The minimum atomic E-state index is -0.421. The molecular weight excluding hydrogens is 425 g/mol. The molecular formula is C25H30FN3O2S. The molecule has 0 aliphatic carbocycles. The zero-order valence-corrected chi connectivity index (χ0v) is 19.4. The van der Waals surface area contributed by atoms with Crippen LogP contribution in [0.25, 0.3) is 22.2 Å². The van der Waals surface area contributed by atoms with Gasteiger partial charge in [-0.2, -0.15) is 0 Å². The largest absolute Gasteiger partial charge is 0.395 e. The van der Waals surface area contributed by atoms with Gasteiger partial charge in [0, 0.05) is 37.1 Å². The van der Waals surface area contributed by atoms with Gasteiger partial charge in [-0.1, -0.05) is 24.3 Å². The van der Waals surface area contributed by atoms with Crippen molar-refractivity contribution in [2.75, 3.05) is 50.3 Å². The Morgan fingerprint density at radius 2 is 1.84 bits per heavy atom. The van der Waals surface area contributed by atoms with Gasteiger partial charge in [0.15, 0.2) is 0 Å². The van der Waals surface area contributed by atoms with E-state index in [1.165, 1.54) is 29.2 Å². The van der Waals surface area contributed by atoms with E-state index in [0.29, 0.717) is 22.2 Å². The standard InChI is InChI=1S/C25H30FN3O2S/c1-32(2)13-10-29(11-14-32)17-18-3-5-19(6-4-18)24-16-22(25(31)27-9-12-30)21-15-20(26)7-8-23(21)28-24/h3-8,15-16,30H,9-14,17H2,1-2H3,(H,27,31). The summed E-state index contributed by atoms with van der Waals surface area (Å²) in [6.07, 6.45) is 4.84. The number of nitrogens with zero attached hydrogens (tertiary/aromatic N) is 2. The van der Waals surface area contributed by atoms with E-state index in [1.807, 2.05) is 12.1 Å². The van der Waals surface area contributed by atoms with Crippen LogP contribution in [0, 0.1) is 5.82 Å². The number of fused-ring (bicyclic) bond motifs is 1. The zero-order chi connectivity index (χ0) is 22.7. The van der Waals surface area contributed by atoms with Crippen LogP contribution in [0.4, 0.5) is 4.39 Å². The number of pyridine rings is 1. The predicted octanol–water partition coefficient (Wildman–Crippen LogP) is 3.64. The molecule has 0 bridgehead atoms. The van der Waals surface area contributed by atoms with Crippen molar-refractivity contribution in [1.29, 1.82) is 0 Å². The van der Waals surface area contributed by atoms with E-state index < -0.39 is 15.8 Å². The predicted molar refractivity (Wildman–Crippen MR) is 131 cm³/mol. The van der Waals surface area contributed by atoms with Gasteiger partial charge in [0.1, 0.15) is 5.82 Å². The van der Waals surface area contributed by atoms with Gasteiger partial charge in [-0.25, -0.2) is 19.4 Å². The molecule has 32 heavy (non-hydrogen) atoms. The van der Waals surface area contributed by atoms with Gasteiger partial charge in [0.25, 0.3) is 5.91 Å². The van der Waals surface area contributed by atoms with Crippen molar-refractivity contribution in [3.05, 3.63) is 65.5 Å². The number of rotatable bonds is 6. The fraction of sp³-hybridized carbons (Fsp3) is 0.360. The molecule has 2 aromatic carbocycles. The number of amides is 1. The van der Waals surface area contributed by atoms with Crippen LogP contribution in [0.3, 0.4) is 0 Å². The van der Waals surface area contributed by atoms with Gasteiger partial charge in [0.05, 0.1) is 23.4 Å². The Kier molecular flexibility index (Phi) is 6.79.